The van der Waals surface area contributed by atoms with Crippen molar-refractivity contribution in [3.63, 3.8) is 0 Å². The predicted molar refractivity (Wildman–Crippen MR) is 85.0 cm³/mol. The van der Waals surface area contributed by atoms with Gasteiger partial charge in [-0.2, -0.15) is 0 Å². The van der Waals surface area contributed by atoms with Gasteiger partial charge in [0, 0.05) is 5.02 Å². The molecule has 0 fully saturated rings. The second kappa shape index (κ2) is 6.17. The summed E-state index contributed by atoms with van der Waals surface area (Å²) in [5, 5.41) is 1.37. The molecule has 100 valence electrons. The average molecular weight is 360 g/mol. The van der Waals surface area contributed by atoms with E-state index in [0.29, 0.717) is 10.8 Å². The van der Waals surface area contributed by atoms with Crippen LogP contribution in [0.5, 0.6) is 5.75 Å². The van der Waals surface area contributed by atoms with E-state index in [1.165, 1.54) is 0 Å². The molecule has 0 aliphatic heterocycles. The highest BCUT2D eigenvalue weighted by molar-refractivity contribution is 9.09. The Morgan fingerprint density at radius 1 is 1.11 bits per heavy atom. The van der Waals surface area contributed by atoms with Crippen LogP contribution in [-0.2, 0) is 0 Å². The minimum atomic E-state index is 0.0506. The van der Waals surface area contributed by atoms with Gasteiger partial charge in [0.05, 0.1) is 17.0 Å². The Kier molecular flexibility index (Phi) is 4.77. The maximum absolute atomic E-state index is 6.16. The van der Waals surface area contributed by atoms with Crippen LogP contribution in [-0.4, -0.2) is 7.11 Å². The average Bonchev–Trinajstić information content (AvgIpc) is 2.41. The first-order chi connectivity index (χ1) is 9.04. The fourth-order valence-corrected chi connectivity index (χ4v) is 3.15. The Labute approximate surface area is 131 Å². The van der Waals surface area contributed by atoms with Crippen molar-refractivity contribution in [2.75, 3.05) is 7.11 Å². The van der Waals surface area contributed by atoms with Gasteiger partial charge in [0.1, 0.15) is 5.75 Å². The highest BCUT2D eigenvalue weighted by Crippen LogP contribution is 2.37. The van der Waals surface area contributed by atoms with Crippen molar-refractivity contribution in [2.24, 2.45) is 0 Å². The van der Waals surface area contributed by atoms with Crippen LogP contribution < -0.4 is 4.74 Å². The molecule has 2 aromatic rings. The van der Waals surface area contributed by atoms with Crippen molar-refractivity contribution in [2.45, 2.75) is 11.8 Å². The minimum Gasteiger partial charge on any atom is -0.495 e. The number of methoxy groups -OCH3 is 1. The van der Waals surface area contributed by atoms with E-state index >= 15 is 0 Å². The summed E-state index contributed by atoms with van der Waals surface area (Å²) in [6.07, 6.45) is 0. The van der Waals surface area contributed by atoms with Crippen LogP contribution in [0.1, 0.15) is 21.5 Å². The number of hydrogen-bond donors (Lipinski definition) is 0. The van der Waals surface area contributed by atoms with Crippen LogP contribution in [0.15, 0.2) is 36.4 Å². The van der Waals surface area contributed by atoms with Crippen molar-refractivity contribution in [3.8, 4) is 5.75 Å². The predicted octanol–water partition coefficient (Wildman–Crippen LogP) is 5.79. The molecule has 19 heavy (non-hydrogen) atoms. The number of rotatable bonds is 3. The van der Waals surface area contributed by atoms with Crippen LogP contribution in [0, 0.1) is 6.92 Å². The highest BCUT2D eigenvalue weighted by atomic mass is 79.9. The molecule has 0 spiro atoms. The normalized spacial score (nSPS) is 12.3. The Balaban J connectivity index is 2.41. The van der Waals surface area contributed by atoms with Crippen molar-refractivity contribution in [1.29, 1.82) is 0 Å². The van der Waals surface area contributed by atoms with E-state index in [1.54, 1.807) is 7.11 Å². The first-order valence-corrected chi connectivity index (χ1v) is 7.44. The molecule has 0 heterocycles. The van der Waals surface area contributed by atoms with E-state index in [0.717, 1.165) is 21.7 Å². The van der Waals surface area contributed by atoms with E-state index < -0.39 is 0 Å². The summed E-state index contributed by atoms with van der Waals surface area (Å²) in [7, 11) is 1.60. The van der Waals surface area contributed by atoms with Crippen LogP contribution in [0.4, 0.5) is 0 Å². The number of ether oxygens (including phenoxy) is 1. The maximum atomic E-state index is 6.16. The molecular weight excluding hydrogens is 347 g/mol. The summed E-state index contributed by atoms with van der Waals surface area (Å²) in [5.41, 5.74) is 3.27. The molecule has 0 N–H and O–H groups in total. The highest BCUT2D eigenvalue weighted by Gasteiger charge is 2.15. The zero-order chi connectivity index (χ0) is 14.0. The lowest BCUT2D eigenvalue weighted by Crippen LogP contribution is -1.97. The van der Waals surface area contributed by atoms with Gasteiger partial charge in [-0.3, -0.25) is 0 Å². The zero-order valence-corrected chi connectivity index (χ0v) is 13.7. The summed E-state index contributed by atoms with van der Waals surface area (Å²) in [6.45, 7) is 2.01. The lowest BCUT2D eigenvalue weighted by molar-refractivity contribution is 0.415. The van der Waals surface area contributed by atoms with Gasteiger partial charge in [0.25, 0.3) is 0 Å². The summed E-state index contributed by atoms with van der Waals surface area (Å²) >= 11 is 16.0. The summed E-state index contributed by atoms with van der Waals surface area (Å²) in [5.74, 6) is 0.674. The standard InChI is InChI=1S/C15H13BrCl2O/c1-9-11(4-3-5-12(9)17)15(16)10-6-7-14(19-2)13(18)8-10/h3-8,15H,1-2H3. The summed E-state index contributed by atoms with van der Waals surface area (Å²) < 4.78 is 5.16. The SMILES string of the molecule is COc1ccc(C(Br)c2cccc(Cl)c2C)cc1Cl. The molecule has 0 aliphatic rings. The summed E-state index contributed by atoms with van der Waals surface area (Å²) in [4.78, 5) is 0.0506. The Morgan fingerprint density at radius 2 is 1.84 bits per heavy atom. The van der Waals surface area contributed by atoms with Crippen LogP contribution in [0.25, 0.3) is 0 Å². The molecule has 1 unspecified atom stereocenters. The van der Waals surface area contributed by atoms with Crippen LogP contribution >= 0.6 is 39.1 Å². The number of alkyl halides is 1. The van der Waals surface area contributed by atoms with Crippen molar-refractivity contribution in [3.05, 3.63) is 63.1 Å². The van der Waals surface area contributed by atoms with Gasteiger partial charge in [0.15, 0.2) is 0 Å². The monoisotopic (exact) mass is 358 g/mol. The van der Waals surface area contributed by atoms with Gasteiger partial charge >= 0.3 is 0 Å². The fraction of sp³-hybridized carbons (Fsp3) is 0.200. The smallest absolute Gasteiger partial charge is 0.137 e. The van der Waals surface area contributed by atoms with E-state index in [1.807, 2.05) is 37.3 Å². The van der Waals surface area contributed by atoms with Gasteiger partial charge in [-0.15, -0.1) is 0 Å². The third kappa shape index (κ3) is 3.07. The first kappa shape index (κ1) is 14.7. The van der Waals surface area contributed by atoms with Crippen molar-refractivity contribution in [1.82, 2.24) is 0 Å². The van der Waals surface area contributed by atoms with Gasteiger partial charge < -0.3 is 4.74 Å². The molecule has 0 aromatic heterocycles. The number of hydrogen-bond acceptors (Lipinski definition) is 1. The third-order valence-electron chi connectivity index (χ3n) is 3.05. The van der Waals surface area contributed by atoms with Crippen LogP contribution in [0.2, 0.25) is 10.0 Å². The molecule has 4 heteroatoms. The second-order valence-corrected chi connectivity index (χ2v) is 5.94. The van der Waals surface area contributed by atoms with Crippen molar-refractivity contribution < 1.29 is 4.74 Å². The fourth-order valence-electron chi connectivity index (χ4n) is 1.92. The molecule has 0 bridgehead atoms. The zero-order valence-electron chi connectivity index (χ0n) is 10.6. The van der Waals surface area contributed by atoms with Gasteiger partial charge in [-0.05, 0) is 41.8 Å². The molecular formula is C15H13BrCl2O. The number of halogens is 3. The van der Waals surface area contributed by atoms with Crippen molar-refractivity contribution >= 4 is 39.1 Å². The van der Waals surface area contributed by atoms with E-state index in [-0.39, 0.29) is 4.83 Å². The maximum Gasteiger partial charge on any atom is 0.137 e. The molecule has 0 amide bonds. The Morgan fingerprint density at radius 3 is 2.47 bits per heavy atom. The number of benzene rings is 2. The molecule has 1 atom stereocenters. The lowest BCUT2D eigenvalue weighted by Gasteiger charge is -2.15. The molecule has 2 rings (SSSR count). The first-order valence-electron chi connectivity index (χ1n) is 5.77. The topological polar surface area (TPSA) is 9.23 Å². The van der Waals surface area contributed by atoms with E-state index in [9.17, 15) is 0 Å². The quantitative estimate of drug-likeness (QED) is 0.629. The molecule has 0 saturated heterocycles. The second-order valence-electron chi connectivity index (χ2n) is 4.21. The molecule has 0 saturated carbocycles. The Hall–Kier alpha value is -0.700. The van der Waals surface area contributed by atoms with Gasteiger partial charge in [-0.1, -0.05) is 57.3 Å². The molecule has 0 radical (unpaired) electrons. The summed E-state index contributed by atoms with van der Waals surface area (Å²) in [6, 6.07) is 11.7. The Bertz CT molecular complexity index is 599. The molecule has 1 nitrogen and oxygen atoms in total. The van der Waals surface area contributed by atoms with E-state index in [2.05, 4.69) is 22.0 Å². The minimum absolute atomic E-state index is 0.0506. The third-order valence-corrected chi connectivity index (χ3v) is 4.78. The van der Waals surface area contributed by atoms with Crippen LogP contribution in [0.3, 0.4) is 0 Å². The molecule has 0 aliphatic carbocycles. The van der Waals surface area contributed by atoms with Gasteiger partial charge in [0.2, 0.25) is 0 Å². The lowest BCUT2D eigenvalue weighted by atomic mass is 10.0. The molecule has 2 aromatic carbocycles. The largest absolute Gasteiger partial charge is 0.495 e. The van der Waals surface area contributed by atoms with Gasteiger partial charge in [-0.25, -0.2) is 0 Å². The van der Waals surface area contributed by atoms with E-state index in [4.69, 9.17) is 27.9 Å².